The predicted molar refractivity (Wildman–Crippen MR) is 89.1 cm³/mol. The minimum absolute atomic E-state index is 0.0503. The van der Waals surface area contributed by atoms with Gasteiger partial charge >= 0.3 is 0 Å². The molecule has 0 saturated heterocycles. The molecule has 0 atom stereocenters. The van der Waals surface area contributed by atoms with Gasteiger partial charge in [-0.25, -0.2) is 0 Å². The predicted octanol–water partition coefficient (Wildman–Crippen LogP) is 4.12. The third kappa shape index (κ3) is 5.65. The first-order chi connectivity index (χ1) is 9.73. The third-order valence-corrected chi connectivity index (χ3v) is 3.85. The van der Waals surface area contributed by atoms with Crippen LogP contribution in [0.3, 0.4) is 0 Å². The van der Waals surface area contributed by atoms with Gasteiger partial charge in [0.2, 0.25) is 0 Å². The Kier molecular flexibility index (Phi) is 6.64. The number of pyridine rings is 2. The summed E-state index contributed by atoms with van der Waals surface area (Å²) in [7, 11) is 0. The quantitative estimate of drug-likeness (QED) is 0.749. The lowest BCUT2D eigenvalue weighted by Crippen LogP contribution is -2.16. The fourth-order valence-electron chi connectivity index (χ4n) is 1.53. The second-order valence-corrected chi connectivity index (χ2v) is 6.53. The summed E-state index contributed by atoms with van der Waals surface area (Å²) in [5.74, 6) is 0.0503. The minimum atomic E-state index is -0.804. The van der Waals surface area contributed by atoms with Crippen molar-refractivity contribution in [1.82, 2.24) is 9.97 Å². The number of hydrogen-bond acceptors (Lipinski definition) is 4. The molecule has 2 heterocycles. The molecule has 0 saturated carbocycles. The van der Waals surface area contributed by atoms with Crippen molar-refractivity contribution in [3.63, 3.8) is 0 Å². The number of hydrogen-bond donors (Lipinski definition) is 1. The van der Waals surface area contributed by atoms with E-state index in [4.69, 9.17) is 0 Å². The highest BCUT2D eigenvalue weighted by atomic mass is 79.9. The van der Waals surface area contributed by atoms with Crippen molar-refractivity contribution >= 4 is 37.6 Å². The van der Waals surface area contributed by atoms with Crippen LogP contribution in [0.25, 0.3) is 0 Å². The molecule has 21 heavy (non-hydrogen) atoms. The topological polar surface area (TPSA) is 63.1 Å². The summed E-state index contributed by atoms with van der Waals surface area (Å²) in [5.41, 5.74) is 0.726. The molecule has 0 unspecified atom stereocenters. The molecule has 0 aliphatic carbocycles. The highest BCUT2D eigenvalue weighted by Crippen LogP contribution is 2.26. The van der Waals surface area contributed by atoms with Crippen molar-refractivity contribution in [1.29, 1.82) is 0 Å². The van der Waals surface area contributed by atoms with E-state index in [1.165, 1.54) is 6.92 Å². The van der Waals surface area contributed by atoms with E-state index in [1.54, 1.807) is 50.8 Å². The van der Waals surface area contributed by atoms with Crippen molar-refractivity contribution in [2.45, 2.75) is 26.4 Å². The maximum absolute atomic E-state index is 10.8. The number of Topliss-reactive ketones (excluding diaryl/α,β-unsaturated/α-hetero) is 1. The van der Waals surface area contributed by atoms with E-state index >= 15 is 0 Å². The zero-order chi connectivity index (χ0) is 16.0. The van der Waals surface area contributed by atoms with Crippen molar-refractivity contribution in [2.24, 2.45) is 0 Å². The standard InChI is InChI=1S/C8H10BrNO.C7H6BrNO/c1-8(2,11)6-3-4-10-5-7(6)9;1-5(10)6-2-3-9-4-7(6)8/h3-5,11H,1-2H3;2-4H,1H3. The molecule has 0 fully saturated rings. The molecule has 2 aromatic rings. The van der Waals surface area contributed by atoms with Crippen LogP contribution in [0.4, 0.5) is 0 Å². The van der Waals surface area contributed by atoms with E-state index in [0.29, 0.717) is 5.56 Å². The van der Waals surface area contributed by atoms with Gasteiger partial charge < -0.3 is 5.11 Å². The first-order valence-electron chi connectivity index (χ1n) is 6.16. The van der Waals surface area contributed by atoms with Crippen LogP contribution in [0.2, 0.25) is 0 Å². The van der Waals surface area contributed by atoms with E-state index in [1.807, 2.05) is 0 Å². The number of aromatic nitrogens is 2. The summed E-state index contributed by atoms with van der Waals surface area (Å²) in [5, 5.41) is 9.61. The number of carbonyl (C=O) groups excluding carboxylic acids is 1. The Morgan fingerprint density at radius 2 is 1.62 bits per heavy atom. The Balaban J connectivity index is 0.000000211. The summed E-state index contributed by atoms with van der Waals surface area (Å²) in [6.07, 6.45) is 6.55. The molecule has 0 spiro atoms. The van der Waals surface area contributed by atoms with Crippen molar-refractivity contribution in [3.8, 4) is 0 Å². The number of carbonyl (C=O) groups is 1. The molecule has 0 aliphatic rings. The van der Waals surface area contributed by atoms with Crippen LogP contribution in [0.5, 0.6) is 0 Å². The molecular formula is C15H16Br2N2O2. The first kappa shape index (κ1) is 17.9. The minimum Gasteiger partial charge on any atom is -0.386 e. The number of halogens is 2. The number of rotatable bonds is 2. The molecule has 0 aliphatic heterocycles. The molecular weight excluding hydrogens is 400 g/mol. The van der Waals surface area contributed by atoms with E-state index in [2.05, 4.69) is 41.8 Å². The fourth-order valence-corrected chi connectivity index (χ4v) is 2.80. The van der Waals surface area contributed by atoms with Crippen LogP contribution in [-0.2, 0) is 5.60 Å². The zero-order valence-corrected chi connectivity index (χ0v) is 15.1. The number of aliphatic hydroxyl groups is 1. The normalized spacial score (nSPS) is 10.6. The van der Waals surface area contributed by atoms with Crippen molar-refractivity contribution in [3.05, 3.63) is 57.0 Å². The monoisotopic (exact) mass is 414 g/mol. The summed E-state index contributed by atoms with van der Waals surface area (Å²) >= 11 is 6.52. The number of nitrogens with zero attached hydrogens (tertiary/aromatic N) is 2. The summed E-state index contributed by atoms with van der Waals surface area (Å²) in [6, 6.07) is 3.48. The molecule has 2 rings (SSSR count). The summed E-state index contributed by atoms with van der Waals surface area (Å²) in [6.45, 7) is 5.01. The Morgan fingerprint density at radius 3 is 1.95 bits per heavy atom. The number of ketones is 1. The highest BCUT2D eigenvalue weighted by Gasteiger charge is 2.18. The van der Waals surface area contributed by atoms with Crippen LogP contribution >= 0.6 is 31.9 Å². The molecule has 6 heteroatoms. The SMILES string of the molecule is CC(=O)c1ccncc1Br.CC(C)(O)c1ccncc1Br. The Hall–Kier alpha value is -1.11. The van der Waals surface area contributed by atoms with Gasteiger partial charge in [0.05, 0.1) is 5.60 Å². The van der Waals surface area contributed by atoms with Gasteiger partial charge in [-0.3, -0.25) is 14.8 Å². The van der Waals surface area contributed by atoms with E-state index < -0.39 is 5.60 Å². The van der Waals surface area contributed by atoms with Gasteiger partial charge in [0.1, 0.15) is 0 Å². The van der Waals surface area contributed by atoms with Gasteiger partial charge in [-0.15, -0.1) is 0 Å². The van der Waals surface area contributed by atoms with Crippen molar-refractivity contribution < 1.29 is 9.90 Å². The molecule has 0 amide bonds. The maximum atomic E-state index is 10.8. The van der Waals surface area contributed by atoms with E-state index in [9.17, 15) is 9.90 Å². The molecule has 2 aromatic heterocycles. The van der Waals surface area contributed by atoms with Gasteiger partial charge in [0.25, 0.3) is 0 Å². The van der Waals surface area contributed by atoms with Crippen LogP contribution in [-0.4, -0.2) is 20.9 Å². The fraction of sp³-hybridized carbons (Fsp3) is 0.267. The molecule has 112 valence electrons. The van der Waals surface area contributed by atoms with E-state index in [-0.39, 0.29) is 5.78 Å². The lowest BCUT2D eigenvalue weighted by molar-refractivity contribution is 0.0777. The van der Waals surface area contributed by atoms with Gasteiger partial charge in [0, 0.05) is 44.9 Å². The second kappa shape index (κ2) is 7.77. The zero-order valence-electron chi connectivity index (χ0n) is 12.0. The molecule has 0 aromatic carbocycles. The Morgan fingerprint density at radius 1 is 1.10 bits per heavy atom. The Labute approximate surface area is 140 Å². The van der Waals surface area contributed by atoms with Crippen LogP contribution in [0, 0.1) is 0 Å². The lowest BCUT2D eigenvalue weighted by Gasteiger charge is -2.18. The van der Waals surface area contributed by atoms with Crippen LogP contribution < -0.4 is 0 Å². The molecule has 0 bridgehead atoms. The lowest BCUT2D eigenvalue weighted by atomic mass is 10.0. The highest BCUT2D eigenvalue weighted by molar-refractivity contribution is 9.10. The summed E-state index contributed by atoms with van der Waals surface area (Å²) < 4.78 is 1.59. The largest absolute Gasteiger partial charge is 0.386 e. The molecule has 0 radical (unpaired) electrons. The third-order valence-electron chi connectivity index (χ3n) is 2.58. The molecule has 1 N–H and O–H groups in total. The van der Waals surface area contributed by atoms with Gasteiger partial charge in [-0.1, -0.05) is 0 Å². The van der Waals surface area contributed by atoms with E-state index in [0.717, 1.165) is 14.5 Å². The van der Waals surface area contributed by atoms with Gasteiger partial charge in [-0.2, -0.15) is 0 Å². The van der Waals surface area contributed by atoms with Crippen LogP contribution in [0.1, 0.15) is 36.7 Å². The van der Waals surface area contributed by atoms with Crippen molar-refractivity contribution in [2.75, 3.05) is 0 Å². The maximum Gasteiger partial charge on any atom is 0.161 e. The van der Waals surface area contributed by atoms with Gasteiger partial charge in [-0.05, 0) is 64.8 Å². The smallest absolute Gasteiger partial charge is 0.161 e. The van der Waals surface area contributed by atoms with Crippen LogP contribution in [0.15, 0.2) is 45.9 Å². The first-order valence-corrected chi connectivity index (χ1v) is 7.75. The van der Waals surface area contributed by atoms with Gasteiger partial charge in [0.15, 0.2) is 5.78 Å². The second-order valence-electron chi connectivity index (χ2n) is 4.83. The molecule has 4 nitrogen and oxygen atoms in total. The Bertz CT molecular complexity index is 625. The summed E-state index contributed by atoms with van der Waals surface area (Å²) in [4.78, 5) is 18.5. The average molecular weight is 416 g/mol. The average Bonchev–Trinajstić information content (AvgIpc) is 2.39.